The molecule has 0 unspecified atom stereocenters. The average Bonchev–Trinajstić information content (AvgIpc) is 3.31. The average molecular weight is 593 g/mol. The number of hydrogen-bond donors (Lipinski definition) is 1. The Balaban J connectivity index is 1.51. The number of nitrogens with one attached hydrogen (secondary N) is 1. The molecule has 0 aliphatic carbocycles. The van der Waals surface area contributed by atoms with Gasteiger partial charge in [0.05, 0.1) is 23.5 Å². The van der Waals surface area contributed by atoms with Gasteiger partial charge in [-0.25, -0.2) is 5.43 Å². The molecular weight excluding hydrogens is 562 g/mol. The van der Waals surface area contributed by atoms with Crippen molar-refractivity contribution >= 4 is 39.8 Å². The zero-order valence-corrected chi connectivity index (χ0v) is 24.4. The largest absolute Gasteiger partial charge is 0.496 e. The highest BCUT2D eigenvalue weighted by molar-refractivity contribution is 9.10. The van der Waals surface area contributed by atoms with E-state index in [1.165, 1.54) is 17.3 Å². The van der Waals surface area contributed by atoms with E-state index in [1.807, 2.05) is 41.8 Å². The molecule has 1 N–H and O–H groups in total. The predicted octanol–water partition coefficient (Wildman–Crippen LogP) is 6.55. The summed E-state index contributed by atoms with van der Waals surface area (Å²) in [6.45, 7) is 8.62. The lowest BCUT2D eigenvalue weighted by Crippen LogP contribution is -2.20. The van der Waals surface area contributed by atoms with Gasteiger partial charge in [-0.1, -0.05) is 74.5 Å². The van der Waals surface area contributed by atoms with E-state index in [4.69, 9.17) is 4.74 Å². The first-order chi connectivity index (χ1) is 18.2. The molecule has 7 nitrogen and oxygen atoms in total. The van der Waals surface area contributed by atoms with Gasteiger partial charge in [-0.3, -0.25) is 9.36 Å². The third-order valence-corrected chi connectivity index (χ3v) is 7.39. The van der Waals surface area contributed by atoms with E-state index in [-0.39, 0.29) is 17.1 Å². The van der Waals surface area contributed by atoms with Gasteiger partial charge in [0, 0.05) is 11.3 Å². The molecule has 196 valence electrons. The summed E-state index contributed by atoms with van der Waals surface area (Å²) in [7, 11) is 1.61. The van der Waals surface area contributed by atoms with Crippen LogP contribution in [0.25, 0.3) is 17.1 Å². The monoisotopic (exact) mass is 591 g/mol. The maximum Gasteiger partial charge on any atom is 0.250 e. The molecule has 0 saturated heterocycles. The summed E-state index contributed by atoms with van der Waals surface area (Å²) in [5.41, 5.74) is 7.76. The molecule has 9 heteroatoms. The summed E-state index contributed by atoms with van der Waals surface area (Å²) in [6.07, 6.45) is 1.58. The number of aryl methyl sites for hydroxylation is 1. The number of methoxy groups -OCH3 is 1. The van der Waals surface area contributed by atoms with E-state index in [1.54, 1.807) is 13.3 Å². The van der Waals surface area contributed by atoms with Crippen molar-refractivity contribution in [1.82, 2.24) is 20.2 Å². The van der Waals surface area contributed by atoms with Crippen molar-refractivity contribution in [1.29, 1.82) is 0 Å². The first-order valence-electron chi connectivity index (χ1n) is 12.1. The number of nitrogens with zero attached hydrogens (tertiary/aromatic N) is 4. The van der Waals surface area contributed by atoms with Crippen LogP contribution >= 0.6 is 27.7 Å². The lowest BCUT2D eigenvalue weighted by molar-refractivity contribution is -0.118. The topological polar surface area (TPSA) is 81.4 Å². The highest BCUT2D eigenvalue weighted by atomic mass is 79.9. The van der Waals surface area contributed by atoms with Crippen LogP contribution in [0.4, 0.5) is 0 Å². The first kappa shape index (κ1) is 27.6. The van der Waals surface area contributed by atoms with Gasteiger partial charge in [0.25, 0.3) is 5.91 Å². The van der Waals surface area contributed by atoms with Gasteiger partial charge in [-0.2, -0.15) is 5.10 Å². The standard InChI is InChI=1S/C29H30BrN5O2S/c1-19-6-13-23(14-7-19)35-27(21-9-11-22(12-10-21)29(2,3)4)33-34-28(35)38-18-26(36)32-31-17-20-8-15-25(37-5)24(30)16-20/h6-17H,18H2,1-5H3,(H,32,36)/b31-17-. The molecule has 0 atom stereocenters. The van der Waals surface area contributed by atoms with Crippen LogP contribution in [-0.2, 0) is 10.2 Å². The lowest BCUT2D eigenvalue weighted by atomic mass is 9.87. The van der Waals surface area contributed by atoms with E-state index in [0.717, 1.165) is 38.4 Å². The van der Waals surface area contributed by atoms with Crippen LogP contribution in [0.2, 0.25) is 0 Å². The highest BCUT2D eigenvalue weighted by Gasteiger charge is 2.19. The first-order valence-corrected chi connectivity index (χ1v) is 13.8. The zero-order valence-electron chi connectivity index (χ0n) is 22.0. The van der Waals surface area contributed by atoms with Gasteiger partial charge in [0.1, 0.15) is 5.75 Å². The summed E-state index contributed by atoms with van der Waals surface area (Å²) in [4.78, 5) is 12.5. The number of ether oxygens (including phenoxy) is 1. The van der Waals surface area contributed by atoms with E-state index in [0.29, 0.717) is 5.16 Å². The van der Waals surface area contributed by atoms with Crippen molar-refractivity contribution in [3.8, 4) is 22.8 Å². The molecule has 3 aromatic carbocycles. The Kier molecular flexibility index (Phi) is 8.69. The van der Waals surface area contributed by atoms with Crippen LogP contribution < -0.4 is 10.2 Å². The molecule has 38 heavy (non-hydrogen) atoms. The number of hydrogen-bond acceptors (Lipinski definition) is 6. The Morgan fingerprint density at radius 2 is 1.79 bits per heavy atom. The van der Waals surface area contributed by atoms with Crippen LogP contribution in [-0.4, -0.2) is 39.7 Å². The number of carbonyl (C=O) groups excluding carboxylic acids is 1. The van der Waals surface area contributed by atoms with Gasteiger partial charge in [-0.15, -0.1) is 10.2 Å². The fourth-order valence-corrected chi connectivity index (χ4v) is 5.00. The summed E-state index contributed by atoms with van der Waals surface area (Å²) < 4.78 is 8.03. The zero-order chi connectivity index (χ0) is 27.3. The number of carbonyl (C=O) groups is 1. The summed E-state index contributed by atoms with van der Waals surface area (Å²) in [5, 5.41) is 13.6. The van der Waals surface area contributed by atoms with Crippen LogP contribution in [0, 0.1) is 6.92 Å². The van der Waals surface area contributed by atoms with Crippen LogP contribution in [0.1, 0.15) is 37.5 Å². The van der Waals surface area contributed by atoms with Gasteiger partial charge >= 0.3 is 0 Å². The number of rotatable bonds is 8. The van der Waals surface area contributed by atoms with Gasteiger partial charge in [0.15, 0.2) is 11.0 Å². The van der Waals surface area contributed by atoms with Gasteiger partial charge < -0.3 is 4.74 Å². The second kappa shape index (κ2) is 12.0. The fraction of sp³-hybridized carbons (Fsp3) is 0.241. The number of hydrazone groups is 1. The molecule has 4 aromatic rings. The van der Waals surface area contributed by atoms with E-state index in [2.05, 4.69) is 93.8 Å². The van der Waals surface area contributed by atoms with Crippen LogP contribution in [0.15, 0.2) is 81.5 Å². The molecule has 1 aromatic heterocycles. The molecule has 1 amide bonds. The second-order valence-corrected chi connectivity index (χ2v) is 11.6. The van der Waals surface area contributed by atoms with Crippen LogP contribution in [0.5, 0.6) is 5.75 Å². The number of aromatic nitrogens is 3. The third-order valence-electron chi connectivity index (χ3n) is 5.85. The Morgan fingerprint density at radius 3 is 2.42 bits per heavy atom. The molecule has 0 saturated carbocycles. The molecule has 0 radical (unpaired) electrons. The van der Waals surface area contributed by atoms with E-state index in [9.17, 15) is 4.79 Å². The third kappa shape index (κ3) is 6.71. The highest BCUT2D eigenvalue weighted by Crippen LogP contribution is 2.30. The molecule has 0 spiro atoms. The molecule has 1 heterocycles. The summed E-state index contributed by atoms with van der Waals surface area (Å²) in [5.74, 6) is 1.34. The van der Waals surface area contributed by atoms with Gasteiger partial charge in [0.2, 0.25) is 0 Å². The number of thioether (sulfide) groups is 1. The maximum atomic E-state index is 12.5. The Bertz CT molecular complexity index is 1440. The second-order valence-electron chi connectivity index (χ2n) is 9.78. The van der Waals surface area contributed by atoms with Crippen molar-refractivity contribution in [3.63, 3.8) is 0 Å². The van der Waals surface area contributed by atoms with Crippen molar-refractivity contribution in [2.75, 3.05) is 12.9 Å². The Labute approximate surface area is 235 Å². The summed E-state index contributed by atoms with van der Waals surface area (Å²) >= 11 is 4.76. The molecule has 0 fully saturated rings. The fourth-order valence-electron chi connectivity index (χ4n) is 3.70. The lowest BCUT2D eigenvalue weighted by Gasteiger charge is -2.19. The number of amides is 1. The van der Waals surface area contributed by atoms with Crippen molar-refractivity contribution in [2.24, 2.45) is 5.10 Å². The molecule has 0 bridgehead atoms. The minimum atomic E-state index is -0.242. The van der Waals surface area contributed by atoms with Crippen LogP contribution in [0.3, 0.4) is 0 Å². The van der Waals surface area contributed by atoms with E-state index >= 15 is 0 Å². The Morgan fingerprint density at radius 1 is 1.08 bits per heavy atom. The van der Waals surface area contributed by atoms with Crippen molar-refractivity contribution in [2.45, 2.75) is 38.3 Å². The number of benzene rings is 3. The summed E-state index contributed by atoms with van der Waals surface area (Å²) in [6, 6.07) is 22.1. The van der Waals surface area contributed by atoms with Crippen molar-refractivity contribution < 1.29 is 9.53 Å². The smallest absolute Gasteiger partial charge is 0.250 e. The van der Waals surface area contributed by atoms with E-state index < -0.39 is 0 Å². The van der Waals surface area contributed by atoms with Gasteiger partial charge in [-0.05, 0) is 69.7 Å². The molecular formula is C29H30BrN5O2S. The minimum absolute atomic E-state index is 0.0594. The predicted molar refractivity (Wildman–Crippen MR) is 157 cm³/mol. The minimum Gasteiger partial charge on any atom is -0.496 e. The Hall–Kier alpha value is -3.43. The quantitative estimate of drug-likeness (QED) is 0.143. The molecule has 4 rings (SSSR count). The molecule has 0 aliphatic rings. The van der Waals surface area contributed by atoms with Crippen molar-refractivity contribution in [3.05, 3.63) is 87.9 Å². The SMILES string of the molecule is COc1ccc(/C=N\NC(=O)CSc2nnc(-c3ccc(C(C)(C)C)cc3)n2-c2ccc(C)cc2)cc1Br. The number of halogens is 1. The normalized spacial score (nSPS) is 11.6. The molecule has 0 aliphatic heterocycles. The maximum absolute atomic E-state index is 12.5.